The van der Waals surface area contributed by atoms with Crippen LogP contribution in [0.3, 0.4) is 0 Å². The number of carboxylic acid groups (broad SMARTS) is 1. The van der Waals surface area contributed by atoms with Crippen molar-refractivity contribution in [2.45, 2.75) is 0 Å². The molecule has 1 amide bonds. The molecule has 0 saturated carbocycles. The van der Waals surface area contributed by atoms with Crippen molar-refractivity contribution >= 4 is 52.0 Å². The van der Waals surface area contributed by atoms with Crippen LogP contribution in [0.15, 0.2) is 71.9 Å². The molecule has 2 heterocycles. The van der Waals surface area contributed by atoms with Gasteiger partial charge >= 0.3 is 5.97 Å². The van der Waals surface area contributed by atoms with Crippen molar-refractivity contribution in [3.63, 3.8) is 0 Å². The van der Waals surface area contributed by atoms with E-state index in [-0.39, 0.29) is 16.0 Å². The highest BCUT2D eigenvalue weighted by Crippen LogP contribution is 2.33. The van der Waals surface area contributed by atoms with Gasteiger partial charge in [0.15, 0.2) is 11.0 Å². The van der Waals surface area contributed by atoms with Crippen molar-refractivity contribution in [3.05, 3.63) is 99.2 Å². The van der Waals surface area contributed by atoms with E-state index in [1.54, 1.807) is 49.6 Å². The molecule has 2 aromatic carbocycles. The maximum Gasteiger partial charge on any atom is 0.335 e. The highest BCUT2D eigenvalue weighted by Gasteiger charge is 2.32. The second-order valence-electron chi connectivity index (χ2n) is 6.78. The summed E-state index contributed by atoms with van der Waals surface area (Å²) in [5.74, 6) is -2.02. The number of Topliss-reactive ketones (excluding diaryl/α,β-unsaturated/α-hetero) is 1. The van der Waals surface area contributed by atoms with Crippen molar-refractivity contribution in [1.82, 2.24) is 4.98 Å². The molecule has 1 aromatic heterocycles. The number of aromatic nitrogens is 1. The van der Waals surface area contributed by atoms with Crippen LogP contribution in [0.5, 0.6) is 0 Å². The average molecular weight is 484 g/mol. The van der Waals surface area contributed by atoms with Gasteiger partial charge in [-0.2, -0.15) is 0 Å². The third-order valence-electron chi connectivity index (χ3n) is 4.58. The van der Waals surface area contributed by atoms with Gasteiger partial charge in [0.25, 0.3) is 0 Å². The van der Waals surface area contributed by atoms with Crippen LogP contribution in [-0.4, -0.2) is 39.0 Å². The van der Waals surface area contributed by atoms with Gasteiger partial charge in [-0.15, -0.1) is 0 Å². The summed E-state index contributed by atoms with van der Waals surface area (Å²) in [6.07, 6.45) is 4.53. The Labute approximate surface area is 196 Å². The van der Waals surface area contributed by atoms with Crippen LogP contribution < -0.4 is 10.0 Å². The molecular formula is C23H18ClN3O5S. The number of nitrogens with two attached hydrogens (primary N) is 1. The second-order valence-corrected chi connectivity index (χ2v) is 8.70. The predicted molar refractivity (Wildman–Crippen MR) is 126 cm³/mol. The average Bonchev–Trinajstić information content (AvgIpc) is 2.81. The lowest BCUT2D eigenvalue weighted by Gasteiger charge is -2.27. The molecule has 0 saturated heterocycles. The Morgan fingerprint density at radius 3 is 2.45 bits per heavy atom. The number of anilines is 1. The Hall–Kier alpha value is -3.82. The van der Waals surface area contributed by atoms with Crippen LogP contribution in [0, 0.1) is 0 Å². The zero-order chi connectivity index (χ0) is 24.1. The number of rotatable bonds is 3. The number of benzene rings is 2. The number of hydrogen-bond donors (Lipinski definition) is 2. The van der Waals surface area contributed by atoms with Crippen LogP contribution >= 0.6 is 11.6 Å². The number of nitrogens with zero attached hydrogens (tertiary/aromatic N) is 2. The number of fused-ring (bicyclic) bond motifs is 1. The van der Waals surface area contributed by atoms with Crippen LogP contribution in [0.2, 0.25) is 5.02 Å². The molecule has 0 fully saturated rings. The molecule has 0 spiro atoms. The number of amides is 1. The summed E-state index contributed by atoms with van der Waals surface area (Å²) in [5, 5.41) is 9.61. The van der Waals surface area contributed by atoms with Gasteiger partial charge in [0.2, 0.25) is 11.7 Å². The molecule has 168 valence electrons. The van der Waals surface area contributed by atoms with Crippen molar-refractivity contribution in [2.24, 2.45) is 5.73 Å². The van der Waals surface area contributed by atoms with Crippen molar-refractivity contribution in [1.29, 1.82) is 0 Å². The van der Waals surface area contributed by atoms with Crippen LogP contribution in [-0.2, 0) is 11.0 Å². The predicted octanol–water partition coefficient (Wildman–Crippen LogP) is 3.56. The molecule has 3 aromatic rings. The minimum atomic E-state index is -1.68. The first-order valence-corrected chi connectivity index (χ1v) is 10.9. The molecule has 1 atom stereocenters. The molecule has 1 unspecified atom stereocenters. The van der Waals surface area contributed by atoms with Gasteiger partial charge in [0, 0.05) is 30.0 Å². The fourth-order valence-corrected chi connectivity index (χ4v) is 4.28. The SMILES string of the molecule is CN1c2ccc(C(=O)O)cc2C(=O)/C(=C\c2cccc(Cl)c2)S1=O.NC(=O)c1cccnc1. The first-order chi connectivity index (χ1) is 15.7. The Kier molecular flexibility index (Phi) is 7.37. The molecule has 1 aliphatic rings. The van der Waals surface area contributed by atoms with Gasteiger partial charge in [-0.05, 0) is 54.1 Å². The van der Waals surface area contributed by atoms with Gasteiger partial charge in [-0.3, -0.25) is 18.9 Å². The van der Waals surface area contributed by atoms with E-state index in [0.29, 0.717) is 21.8 Å². The zero-order valence-corrected chi connectivity index (χ0v) is 18.8. The first kappa shape index (κ1) is 23.8. The van der Waals surface area contributed by atoms with E-state index in [1.807, 2.05) is 0 Å². The monoisotopic (exact) mass is 483 g/mol. The fourth-order valence-electron chi connectivity index (χ4n) is 2.95. The standard InChI is InChI=1S/C17H12ClNO4S.C6H6N2O/c1-19-14-6-5-11(17(21)22)9-13(14)16(20)15(24(19)23)8-10-3-2-4-12(18)7-10;7-6(9)5-2-1-3-8-4-5/h2-9H,1H3,(H,21,22);1-4H,(H2,7,9)/b15-8+;. The number of hydrogen-bond acceptors (Lipinski definition) is 5. The van der Waals surface area contributed by atoms with Crippen LogP contribution in [0.4, 0.5) is 5.69 Å². The Balaban J connectivity index is 0.000000286. The number of halogens is 1. The minimum absolute atomic E-state index is 0.00490. The molecule has 0 aliphatic carbocycles. The minimum Gasteiger partial charge on any atom is -0.478 e. The molecule has 8 nitrogen and oxygen atoms in total. The van der Waals surface area contributed by atoms with E-state index < -0.39 is 28.6 Å². The van der Waals surface area contributed by atoms with Gasteiger partial charge < -0.3 is 10.8 Å². The summed E-state index contributed by atoms with van der Waals surface area (Å²) in [6, 6.07) is 14.3. The Morgan fingerprint density at radius 2 is 1.88 bits per heavy atom. The largest absolute Gasteiger partial charge is 0.478 e. The summed E-state index contributed by atoms with van der Waals surface area (Å²) >= 11 is 5.93. The normalized spacial score (nSPS) is 15.9. The maximum absolute atomic E-state index is 12.7. The zero-order valence-electron chi connectivity index (χ0n) is 17.3. The van der Waals surface area contributed by atoms with Crippen LogP contribution in [0.25, 0.3) is 6.08 Å². The lowest BCUT2D eigenvalue weighted by Crippen LogP contribution is -2.31. The highest BCUT2D eigenvalue weighted by molar-refractivity contribution is 7.91. The number of aromatic carboxylic acids is 1. The lowest BCUT2D eigenvalue weighted by atomic mass is 10.0. The third kappa shape index (κ3) is 5.51. The number of allylic oxidation sites excluding steroid dienone is 1. The highest BCUT2D eigenvalue weighted by atomic mass is 35.5. The molecule has 1 aliphatic heterocycles. The fraction of sp³-hybridized carbons (Fsp3) is 0.0435. The van der Waals surface area contributed by atoms with E-state index in [0.717, 1.165) is 0 Å². The maximum atomic E-state index is 12.7. The van der Waals surface area contributed by atoms with E-state index in [2.05, 4.69) is 4.98 Å². The summed E-state index contributed by atoms with van der Waals surface area (Å²) in [7, 11) is -0.0933. The van der Waals surface area contributed by atoms with E-state index in [1.165, 1.54) is 34.8 Å². The lowest BCUT2D eigenvalue weighted by molar-refractivity contribution is 0.0696. The van der Waals surface area contributed by atoms with Gasteiger partial charge in [-0.1, -0.05) is 23.7 Å². The molecular weight excluding hydrogens is 466 g/mol. The topological polar surface area (TPSA) is 131 Å². The second kappa shape index (κ2) is 10.2. The summed E-state index contributed by atoms with van der Waals surface area (Å²) in [4.78, 5) is 38.0. The molecule has 10 heteroatoms. The molecule has 0 radical (unpaired) electrons. The number of pyridine rings is 1. The van der Waals surface area contributed by atoms with Gasteiger partial charge in [-0.25, -0.2) is 9.00 Å². The van der Waals surface area contributed by atoms with Crippen molar-refractivity contribution < 1.29 is 23.7 Å². The molecule has 33 heavy (non-hydrogen) atoms. The Bertz CT molecular complexity index is 1290. The van der Waals surface area contributed by atoms with Gasteiger partial charge in [0.05, 0.1) is 16.8 Å². The van der Waals surface area contributed by atoms with E-state index in [4.69, 9.17) is 22.4 Å². The number of primary amides is 1. The van der Waals surface area contributed by atoms with E-state index in [9.17, 15) is 18.6 Å². The van der Waals surface area contributed by atoms with Gasteiger partial charge in [0.1, 0.15) is 4.91 Å². The number of carbonyl (C=O) groups excluding carboxylic acids is 2. The van der Waals surface area contributed by atoms with E-state index >= 15 is 0 Å². The van der Waals surface area contributed by atoms with Crippen molar-refractivity contribution in [2.75, 3.05) is 11.4 Å². The number of carbonyl (C=O) groups is 3. The number of ketones is 1. The molecule has 0 bridgehead atoms. The molecule has 4 rings (SSSR count). The summed E-state index contributed by atoms with van der Waals surface area (Å²) in [5.41, 5.74) is 6.68. The third-order valence-corrected chi connectivity index (χ3v) is 6.19. The van der Waals surface area contributed by atoms with Crippen LogP contribution in [0.1, 0.15) is 36.6 Å². The number of carboxylic acids is 1. The Morgan fingerprint density at radius 1 is 1.12 bits per heavy atom. The van der Waals surface area contributed by atoms with Crippen molar-refractivity contribution in [3.8, 4) is 0 Å². The first-order valence-electron chi connectivity index (χ1n) is 9.43. The quantitative estimate of drug-likeness (QED) is 0.548. The summed E-state index contributed by atoms with van der Waals surface area (Å²) in [6.45, 7) is 0. The smallest absolute Gasteiger partial charge is 0.335 e. The molecule has 3 N–H and O–H groups in total. The summed E-state index contributed by atoms with van der Waals surface area (Å²) < 4.78 is 14.0.